The van der Waals surface area contributed by atoms with Gasteiger partial charge in [0, 0.05) is 25.0 Å². The molecule has 7 heteroatoms. The highest BCUT2D eigenvalue weighted by molar-refractivity contribution is 14.1. The third kappa shape index (κ3) is 4.80. The molecule has 0 saturated heterocycles. The predicted octanol–water partition coefficient (Wildman–Crippen LogP) is 1.86. The van der Waals surface area contributed by atoms with Crippen molar-refractivity contribution in [2.45, 2.75) is 6.54 Å². The maximum Gasteiger partial charge on any atom is 0.241 e. The monoisotopic (exact) mass is 388 g/mol. The summed E-state index contributed by atoms with van der Waals surface area (Å²) in [6, 6.07) is 6.09. The van der Waals surface area contributed by atoms with E-state index in [0.29, 0.717) is 13.1 Å². The van der Waals surface area contributed by atoms with E-state index in [4.69, 9.17) is 0 Å². The van der Waals surface area contributed by atoms with Gasteiger partial charge in [-0.3, -0.25) is 9.48 Å². The van der Waals surface area contributed by atoms with Crippen LogP contribution in [0.25, 0.3) is 0 Å². The normalized spacial score (nSPS) is 10.3. The number of carbonyl (C=O) groups excluding carboxylic acids is 1. The van der Waals surface area contributed by atoms with Crippen molar-refractivity contribution in [3.05, 3.63) is 46.0 Å². The molecule has 2 N–H and O–H groups in total. The van der Waals surface area contributed by atoms with Crippen LogP contribution in [0.4, 0.5) is 10.1 Å². The lowest BCUT2D eigenvalue weighted by atomic mass is 10.3. The van der Waals surface area contributed by atoms with E-state index in [1.807, 2.05) is 0 Å². The molecule has 0 atom stereocenters. The Morgan fingerprint density at radius 3 is 2.70 bits per heavy atom. The first-order chi connectivity index (χ1) is 9.63. The molecule has 0 spiro atoms. The molecule has 1 heterocycles. The minimum absolute atomic E-state index is 0.0922. The SMILES string of the molecule is O=C(Cn1cc(I)cn1)NCCNc1ccc(F)cc1. The first kappa shape index (κ1) is 14.8. The number of amides is 1. The van der Waals surface area contributed by atoms with Crippen LogP contribution in [0.5, 0.6) is 0 Å². The molecule has 1 aromatic heterocycles. The van der Waals surface area contributed by atoms with E-state index in [1.165, 1.54) is 12.1 Å². The lowest BCUT2D eigenvalue weighted by molar-refractivity contribution is -0.121. The molecule has 20 heavy (non-hydrogen) atoms. The molecule has 0 bridgehead atoms. The highest BCUT2D eigenvalue weighted by Crippen LogP contribution is 2.07. The molecule has 0 fully saturated rings. The Morgan fingerprint density at radius 1 is 1.30 bits per heavy atom. The lowest BCUT2D eigenvalue weighted by Crippen LogP contribution is -2.31. The van der Waals surface area contributed by atoms with Crippen molar-refractivity contribution in [1.82, 2.24) is 15.1 Å². The van der Waals surface area contributed by atoms with Crippen molar-refractivity contribution < 1.29 is 9.18 Å². The molecular formula is C13H14FIN4O. The van der Waals surface area contributed by atoms with Crippen LogP contribution in [0.15, 0.2) is 36.7 Å². The van der Waals surface area contributed by atoms with Crippen molar-refractivity contribution >= 4 is 34.2 Å². The average molecular weight is 388 g/mol. The molecule has 0 unspecified atom stereocenters. The van der Waals surface area contributed by atoms with E-state index in [2.05, 4.69) is 38.3 Å². The minimum atomic E-state index is -0.266. The summed E-state index contributed by atoms with van der Waals surface area (Å²) in [5, 5.41) is 9.91. The van der Waals surface area contributed by atoms with Gasteiger partial charge in [0.2, 0.25) is 5.91 Å². The standard InChI is InChI=1S/C13H14FIN4O/c14-10-1-3-12(4-2-10)16-5-6-17-13(20)9-19-8-11(15)7-18-19/h1-4,7-8,16H,5-6,9H2,(H,17,20). The van der Waals surface area contributed by atoms with Crippen molar-refractivity contribution in [2.24, 2.45) is 0 Å². The fourth-order valence-corrected chi connectivity index (χ4v) is 2.05. The number of hydrogen-bond acceptors (Lipinski definition) is 3. The Balaban J connectivity index is 1.65. The second kappa shape index (κ2) is 7.22. The summed E-state index contributed by atoms with van der Waals surface area (Å²) in [7, 11) is 0. The van der Waals surface area contributed by atoms with E-state index >= 15 is 0 Å². The number of halogens is 2. The number of rotatable bonds is 6. The molecular weight excluding hydrogens is 374 g/mol. The Bertz CT molecular complexity index is 570. The minimum Gasteiger partial charge on any atom is -0.383 e. The Kier molecular flexibility index (Phi) is 5.33. The third-order valence-electron chi connectivity index (χ3n) is 2.53. The van der Waals surface area contributed by atoms with Crippen LogP contribution in [-0.4, -0.2) is 28.8 Å². The molecule has 2 rings (SSSR count). The summed E-state index contributed by atoms with van der Waals surface area (Å²) in [6.45, 7) is 1.28. The van der Waals surface area contributed by atoms with Gasteiger partial charge >= 0.3 is 0 Å². The van der Waals surface area contributed by atoms with Crippen LogP contribution < -0.4 is 10.6 Å². The number of nitrogens with one attached hydrogen (secondary N) is 2. The second-order valence-electron chi connectivity index (χ2n) is 4.14. The summed E-state index contributed by atoms with van der Waals surface area (Å²) < 4.78 is 15.3. The van der Waals surface area contributed by atoms with Crippen LogP contribution in [-0.2, 0) is 11.3 Å². The summed E-state index contributed by atoms with van der Waals surface area (Å²) in [6.07, 6.45) is 3.50. The summed E-state index contributed by atoms with van der Waals surface area (Å²) in [5.74, 6) is -0.358. The van der Waals surface area contributed by atoms with Gasteiger partial charge < -0.3 is 10.6 Å². The van der Waals surface area contributed by atoms with Crippen molar-refractivity contribution in [3.63, 3.8) is 0 Å². The van der Waals surface area contributed by atoms with E-state index < -0.39 is 0 Å². The van der Waals surface area contributed by atoms with Crippen molar-refractivity contribution in [3.8, 4) is 0 Å². The van der Waals surface area contributed by atoms with Crippen LogP contribution in [0, 0.1) is 9.39 Å². The van der Waals surface area contributed by atoms with Gasteiger partial charge in [-0.1, -0.05) is 0 Å². The van der Waals surface area contributed by atoms with Gasteiger partial charge in [0.25, 0.3) is 0 Å². The Hall–Kier alpha value is -1.64. The van der Waals surface area contributed by atoms with Crippen LogP contribution in [0.3, 0.4) is 0 Å². The third-order valence-corrected chi connectivity index (χ3v) is 3.08. The number of anilines is 1. The largest absolute Gasteiger partial charge is 0.383 e. The molecule has 1 amide bonds. The molecule has 2 aromatic rings. The zero-order valence-corrected chi connectivity index (χ0v) is 12.8. The van der Waals surface area contributed by atoms with Gasteiger partial charge in [0.1, 0.15) is 12.4 Å². The molecule has 0 aliphatic rings. The quantitative estimate of drug-likeness (QED) is 0.587. The van der Waals surface area contributed by atoms with Crippen LogP contribution in [0.2, 0.25) is 0 Å². The fraction of sp³-hybridized carbons (Fsp3) is 0.231. The second-order valence-corrected chi connectivity index (χ2v) is 5.39. The van der Waals surface area contributed by atoms with E-state index in [-0.39, 0.29) is 18.3 Å². The zero-order valence-electron chi connectivity index (χ0n) is 10.6. The summed E-state index contributed by atoms with van der Waals surface area (Å²) in [5.41, 5.74) is 0.822. The summed E-state index contributed by atoms with van der Waals surface area (Å²) in [4.78, 5) is 11.6. The van der Waals surface area contributed by atoms with Gasteiger partial charge in [-0.15, -0.1) is 0 Å². The van der Waals surface area contributed by atoms with Crippen molar-refractivity contribution in [1.29, 1.82) is 0 Å². The van der Waals surface area contributed by atoms with Gasteiger partial charge in [-0.05, 0) is 46.9 Å². The van der Waals surface area contributed by atoms with Crippen LogP contribution >= 0.6 is 22.6 Å². The number of carbonyl (C=O) groups is 1. The van der Waals surface area contributed by atoms with Crippen molar-refractivity contribution in [2.75, 3.05) is 18.4 Å². The molecule has 1 aromatic carbocycles. The number of nitrogens with zero attached hydrogens (tertiary/aromatic N) is 2. The zero-order chi connectivity index (χ0) is 14.4. The maximum absolute atomic E-state index is 12.7. The molecule has 106 valence electrons. The Labute approximate surface area is 129 Å². The van der Waals surface area contributed by atoms with E-state index in [9.17, 15) is 9.18 Å². The fourth-order valence-electron chi connectivity index (χ4n) is 1.60. The molecule has 0 aliphatic heterocycles. The molecule has 0 saturated carbocycles. The van der Waals surface area contributed by atoms with Crippen LogP contribution in [0.1, 0.15) is 0 Å². The topological polar surface area (TPSA) is 59.0 Å². The van der Waals surface area contributed by atoms with E-state index in [0.717, 1.165) is 9.26 Å². The molecule has 0 radical (unpaired) electrons. The smallest absolute Gasteiger partial charge is 0.241 e. The average Bonchev–Trinajstić information content (AvgIpc) is 2.82. The number of benzene rings is 1. The molecule has 5 nitrogen and oxygen atoms in total. The maximum atomic E-state index is 12.7. The number of aromatic nitrogens is 2. The van der Waals surface area contributed by atoms with Gasteiger partial charge in [0.15, 0.2) is 0 Å². The Morgan fingerprint density at radius 2 is 2.05 bits per heavy atom. The predicted molar refractivity (Wildman–Crippen MR) is 82.8 cm³/mol. The summed E-state index contributed by atoms with van der Waals surface area (Å²) >= 11 is 2.14. The first-order valence-electron chi connectivity index (χ1n) is 6.07. The van der Waals surface area contributed by atoms with Gasteiger partial charge in [-0.25, -0.2) is 4.39 Å². The first-order valence-corrected chi connectivity index (χ1v) is 7.15. The highest BCUT2D eigenvalue weighted by atomic mass is 127. The highest BCUT2D eigenvalue weighted by Gasteiger charge is 2.03. The molecule has 0 aliphatic carbocycles. The van der Waals surface area contributed by atoms with Gasteiger partial charge in [-0.2, -0.15) is 5.10 Å². The lowest BCUT2D eigenvalue weighted by Gasteiger charge is -2.08. The number of hydrogen-bond donors (Lipinski definition) is 2. The van der Waals surface area contributed by atoms with Gasteiger partial charge in [0.05, 0.1) is 9.77 Å². The van der Waals surface area contributed by atoms with E-state index in [1.54, 1.807) is 29.2 Å².